The molecule has 0 aliphatic rings. The number of benzene rings is 3. The van der Waals surface area contributed by atoms with Crippen molar-refractivity contribution in [3.05, 3.63) is 76.1 Å². The zero-order chi connectivity index (χ0) is 24.4. The Labute approximate surface area is 182 Å². The van der Waals surface area contributed by atoms with Crippen LogP contribution in [0.5, 0.6) is 5.75 Å². The summed E-state index contributed by atoms with van der Waals surface area (Å²) in [5.74, 6) is -17.6. The van der Waals surface area contributed by atoms with Crippen LogP contribution in [0.1, 0.15) is 22.8 Å². The molecule has 0 bridgehead atoms. The molecule has 1 atom stereocenters. The highest BCUT2D eigenvalue weighted by atomic mass is 19.2. The van der Waals surface area contributed by atoms with Crippen molar-refractivity contribution < 1.29 is 49.7 Å². The van der Waals surface area contributed by atoms with Crippen molar-refractivity contribution >= 4 is 16.7 Å². The maximum atomic E-state index is 14.6. The fraction of sp³-hybridized carbons (Fsp3) is 0.227. The van der Waals surface area contributed by atoms with E-state index in [1.54, 1.807) is 24.3 Å². The largest absolute Gasteiger partial charge is 0.465 e. The van der Waals surface area contributed by atoms with Gasteiger partial charge in [-0.1, -0.05) is 17.7 Å². The lowest BCUT2D eigenvalue weighted by Crippen LogP contribution is -2.21. The SMILES string of the molecule is Cc1ccc(OC(C)OCCOC(=O)c2c(F)c(F)c3c(F)c(F)c(F)c(F)c3c2F)cc1. The zero-order valence-corrected chi connectivity index (χ0v) is 17.1. The van der Waals surface area contributed by atoms with Gasteiger partial charge in [0, 0.05) is 0 Å². The maximum Gasteiger partial charge on any atom is 0.344 e. The molecule has 176 valence electrons. The summed E-state index contributed by atoms with van der Waals surface area (Å²) in [6, 6.07) is 6.96. The van der Waals surface area contributed by atoms with Gasteiger partial charge in [-0.3, -0.25) is 0 Å². The fourth-order valence-corrected chi connectivity index (χ4v) is 2.93. The Hall–Kier alpha value is -3.34. The van der Waals surface area contributed by atoms with Gasteiger partial charge in [-0.25, -0.2) is 35.5 Å². The molecule has 0 saturated carbocycles. The van der Waals surface area contributed by atoms with Gasteiger partial charge < -0.3 is 14.2 Å². The number of aryl methyl sites for hydroxylation is 1. The highest BCUT2D eigenvalue weighted by Crippen LogP contribution is 2.34. The van der Waals surface area contributed by atoms with E-state index in [1.807, 2.05) is 6.92 Å². The normalized spacial score (nSPS) is 12.2. The van der Waals surface area contributed by atoms with Crippen LogP contribution >= 0.6 is 0 Å². The number of carbonyl (C=O) groups excluding carboxylic acids is 1. The van der Waals surface area contributed by atoms with Crippen LogP contribution in [-0.4, -0.2) is 25.5 Å². The van der Waals surface area contributed by atoms with Crippen LogP contribution in [0, 0.1) is 47.6 Å². The summed E-state index contributed by atoms with van der Waals surface area (Å²) in [5, 5.41) is -3.59. The number of carbonyl (C=O) groups is 1. The van der Waals surface area contributed by atoms with Crippen molar-refractivity contribution in [2.24, 2.45) is 0 Å². The first-order valence-electron chi connectivity index (χ1n) is 9.38. The van der Waals surface area contributed by atoms with Crippen LogP contribution in [0.4, 0.5) is 30.7 Å². The Balaban J connectivity index is 1.73. The minimum atomic E-state index is -2.47. The van der Waals surface area contributed by atoms with Gasteiger partial charge in [-0.2, -0.15) is 0 Å². The Morgan fingerprint density at radius 1 is 0.758 bits per heavy atom. The molecule has 11 heteroatoms. The second-order valence-corrected chi connectivity index (χ2v) is 6.83. The molecule has 0 N–H and O–H groups in total. The van der Waals surface area contributed by atoms with Gasteiger partial charge in [0.25, 0.3) is 0 Å². The average molecular weight is 476 g/mol. The summed E-state index contributed by atoms with van der Waals surface area (Å²) in [5.41, 5.74) is -0.740. The monoisotopic (exact) mass is 476 g/mol. The Morgan fingerprint density at radius 3 is 1.85 bits per heavy atom. The van der Waals surface area contributed by atoms with Crippen LogP contribution in [0.2, 0.25) is 0 Å². The minimum absolute atomic E-state index is 0.319. The van der Waals surface area contributed by atoms with Crippen molar-refractivity contribution in [1.29, 1.82) is 0 Å². The molecular formula is C22H15F7O4. The average Bonchev–Trinajstić information content (AvgIpc) is 2.77. The van der Waals surface area contributed by atoms with Crippen LogP contribution in [0.15, 0.2) is 24.3 Å². The maximum absolute atomic E-state index is 14.6. The first kappa shape index (κ1) is 24.3. The number of rotatable bonds is 7. The second kappa shape index (κ2) is 9.65. The van der Waals surface area contributed by atoms with Crippen molar-refractivity contribution in [1.82, 2.24) is 0 Å². The van der Waals surface area contributed by atoms with Gasteiger partial charge in [-0.15, -0.1) is 0 Å². The summed E-state index contributed by atoms with van der Waals surface area (Å²) >= 11 is 0. The number of hydrogen-bond acceptors (Lipinski definition) is 4. The van der Waals surface area contributed by atoms with Gasteiger partial charge in [-0.05, 0) is 26.0 Å². The number of hydrogen-bond donors (Lipinski definition) is 0. The van der Waals surface area contributed by atoms with E-state index in [9.17, 15) is 35.5 Å². The van der Waals surface area contributed by atoms with Crippen LogP contribution in [0.25, 0.3) is 10.8 Å². The molecule has 0 aliphatic heterocycles. The van der Waals surface area contributed by atoms with Crippen molar-refractivity contribution in [2.45, 2.75) is 20.1 Å². The van der Waals surface area contributed by atoms with Crippen LogP contribution in [-0.2, 0) is 9.47 Å². The van der Waals surface area contributed by atoms with E-state index in [4.69, 9.17) is 9.47 Å². The lowest BCUT2D eigenvalue weighted by atomic mass is 10.0. The molecule has 0 aromatic heterocycles. The predicted octanol–water partition coefficient (Wildman–Crippen LogP) is 5.72. The molecule has 0 radical (unpaired) electrons. The lowest BCUT2D eigenvalue weighted by Gasteiger charge is -2.16. The van der Waals surface area contributed by atoms with Crippen LogP contribution < -0.4 is 4.74 Å². The van der Waals surface area contributed by atoms with Crippen molar-refractivity contribution in [3.8, 4) is 5.75 Å². The van der Waals surface area contributed by atoms with Crippen molar-refractivity contribution in [3.63, 3.8) is 0 Å². The molecule has 3 aromatic rings. The van der Waals surface area contributed by atoms with E-state index in [0.29, 0.717) is 5.75 Å². The van der Waals surface area contributed by atoms with E-state index in [0.717, 1.165) is 5.56 Å². The second-order valence-electron chi connectivity index (χ2n) is 6.83. The molecule has 0 fully saturated rings. The molecule has 0 heterocycles. The summed E-state index contributed by atoms with van der Waals surface area (Å²) in [7, 11) is 0. The topological polar surface area (TPSA) is 44.8 Å². The summed E-state index contributed by atoms with van der Waals surface area (Å²) in [6.45, 7) is 2.49. The van der Waals surface area contributed by atoms with E-state index in [1.165, 1.54) is 6.92 Å². The summed E-state index contributed by atoms with van der Waals surface area (Å²) in [4.78, 5) is 12.1. The quantitative estimate of drug-likeness (QED) is 0.109. The summed E-state index contributed by atoms with van der Waals surface area (Å²) in [6.07, 6.45) is -0.812. The molecule has 33 heavy (non-hydrogen) atoms. The molecule has 0 spiro atoms. The Kier molecular flexibility index (Phi) is 7.11. The van der Waals surface area contributed by atoms with Gasteiger partial charge in [0.1, 0.15) is 17.9 Å². The standard InChI is InChI=1S/C22H15F7O4/c1-9-3-5-11(6-4-9)33-10(2)31-7-8-32-22(30)14-15(23)12-13(16(24)19(14)27)18(26)21(29)20(28)17(12)25/h3-6,10H,7-8H2,1-2H3. The highest BCUT2D eigenvalue weighted by molar-refractivity contribution is 5.97. The van der Waals surface area contributed by atoms with E-state index >= 15 is 0 Å². The van der Waals surface area contributed by atoms with Gasteiger partial charge >= 0.3 is 5.97 Å². The predicted molar refractivity (Wildman–Crippen MR) is 101 cm³/mol. The third-order valence-corrected chi connectivity index (χ3v) is 4.53. The van der Waals surface area contributed by atoms with Crippen LogP contribution in [0.3, 0.4) is 0 Å². The smallest absolute Gasteiger partial charge is 0.344 e. The highest BCUT2D eigenvalue weighted by Gasteiger charge is 2.33. The first-order chi connectivity index (χ1) is 15.5. The van der Waals surface area contributed by atoms with Crippen molar-refractivity contribution in [2.75, 3.05) is 13.2 Å². The van der Waals surface area contributed by atoms with Gasteiger partial charge in [0.05, 0.1) is 17.4 Å². The zero-order valence-electron chi connectivity index (χ0n) is 17.1. The third kappa shape index (κ3) is 4.72. The van der Waals surface area contributed by atoms with E-state index in [-0.39, 0.29) is 6.61 Å². The number of halogens is 7. The van der Waals surface area contributed by atoms with Gasteiger partial charge in [0.15, 0.2) is 47.0 Å². The molecule has 0 aliphatic carbocycles. The lowest BCUT2D eigenvalue weighted by molar-refractivity contribution is -0.0784. The Morgan fingerprint density at radius 2 is 1.27 bits per heavy atom. The molecule has 3 rings (SSSR count). The first-order valence-corrected chi connectivity index (χ1v) is 9.38. The number of fused-ring (bicyclic) bond motifs is 1. The number of esters is 1. The fourth-order valence-electron chi connectivity index (χ4n) is 2.93. The van der Waals surface area contributed by atoms with E-state index in [2.05, 4.69) is 4.74 Å². The summed E-state index contributed by atoms with van der Waals surface area (Å²) < 4.78 is 113. The van der Waals surface area contributed by atoms with Gasteiger partial charge in [0.2, 0.25) is 0 Å². The molecule has 4 nitrogen and oxygen atoms in total. The molecule has 0 saturated heterocycles. The molecule has 0 amide bonds. The molecular weight excluding hydrogens is 461 g/mol. The molecule has 3 aromatic carbocycles. The number of ether oxygens (including phenoxy) is 3. The minimum Gasteiger partial charge on any atom is -0.465 e. The molecule has 1 unspecified atom stereocenters. The Bertz CT molecular complexity index is 1210. The third-order valence-electron chi connectivity index (χ3n) is 4.53. The van der Waals surface area contributed by atoms with E-state index < -0.39 is 75.9 Å².